The third-order valence-corrected chi connectivity index (χ3v) is 3.69. The zero-order valence-electron chi connectivity index (χ0n) is 10.9. The Kier molecular flexibility index (Phi) is 2.67. The number of hydrogen-bond donors (Lipinski definition) is 1. The topological polar surface area (TPSA) is 82.8 Å². The maximum atomic E-state index is 12.7. The van der Waals surface area contributed by atoms with Gasteiger partial charge in [-0.2, -0.15) is 10.1 Å². The first kappa shape index (κ1) is 12.5. The van der Waals surface area contributed by atoms with Crippen molar-refractivity contribution in [2.45, 2.75) is 19.8 Å². The van der Waals surface area contributed by atoms with Gasteiger partial charge in [0, 0.05) is 6.42 Å². The minimum absolute atomic E-state index is 0.0626. The molecule has 20 heavy (non-hydrogen) atoms. The average molecular weight is 271 g/mol. The van der Waals surface area contributed by atoms with E-state index in [9.17, 15) is 9.59 Å². The second-order valence-corrected chi connectivity index (χ2v) is 4.97. The van der Waals surface area contributed by atoms with E-state index in [1.807, 2.05) is 18.2 Å². The Morgan fingerprint density at radius 1 is 1.25 bits per heavy atom. The molecular formula is C14H13N3O3. The van der Waals surface area contributed by atoms with Gasteiger partial charge in [0.05, 0.1) is 17.8 Å². The number of para-hydroxylation sites is 1. The summed E-state index contributed by atoms with van der Waals surface area (Å²) in [4.78, 5) is 24.3. The standard InChI is InChI=1S/C14H13N3O3/c1-9-14(7-11(15)20-12(18)8-14)13(19)17(16-9)10-5-3-2-4-6-10/h2-6,15H,7-8H2,1H3. The van der Waals surface area contributed by atoms with Crippen LogP contribution < -0.4 is 5.01 Å². The lowest BCUT2D eigenvalue weighted by Crippen LogP contribution is -2.46. The molecule has 3 rings (SSSR count). The van der Waals surface area contributed by atoms with Gasteiger partial charge in [0.1, 0.15) is 5.41 Å². The molecule has 6 nitrogen and oxygen atoms in total. The van der Waals surface area contributed by atoms with E-state index in [1.54, 1.807) is 19.1 Å². The van der Waals surface area contributed by atoms with Crippen LogP contribution in [0.15, 0.2) is 35.4 Å². The summed E-state index contributed by atoms with van der Waals surface area (Å²) in [7, 11) is 0. The molecule has 1 saturated heterocycles. The van der Waals surface area contributed by atoms with Crippen molar-refractivity contribution in [3.8, 4) is 0 Å². The maximum Gasteiger partial charge on any atom is 0.313 e. The van der Waals surface area contributed by atoms with Crippen molar-refractivity contribution >= 4 is 29.2 Å². The number of esters is 1. The molecule has 0 aliphatic carbocycles. The van der Waals surface area contributed by atoms with E-state index in [0.29, 0.717) is 11.4 Å². The molecule has 1 amide bonds. The highest BCUT2D eigenvalue weighted by Gasteiger charge is 2.54. The maximum absolute atomic E-state index is 12.7. The third-order valence-electron chi connectivity index (χ3n) is 3.69. The molecule has 1 fully saturated rings. The first-order valence-corrected chi connectivity index (χ1v) is 6.26. The van der Waals surface area contributed by atoms with Crippen LogP contribution in [0.2, 0.25) is 0 Å². The van der Waals surface area contributed by atoms with Gasteiger partial charge in [-0.1, -0.05) is 18.2 Å². The van der Waals surface area contributed by atoms with Gasteiger partial charge in [-0.15, -0.1) is 0 Å². The summed E-state index contributed by atoms with van der Waals surface area (Å²) in [6.45, 7) is 1.72. The Labute approximate surface area is 115 Å². The molecule has 2 aliphatic heterocycles. The van der Waals surface area contributed by atoms with E-state index in [2.05, 4.69) is 5.10 Å². The molecule has 1 unspecified atom stereocenters. The van der Waals surface area contributed by atoms with E-state index >= 15 is 0 Å². The SMILES string of the molecule is CC1=NN(c2ccccc2)C(=O)C12CC(=N)OC(=O)C2. The van der Waals surface area contributed by atoms with E-state index in [-0.39, 0.29) is 24.6 Å². The van der Waals surface area contributed by atoms with Gasteiger partial charge >= 0.3 is 5.97 Å². The monoisotopic (exact) mass is 271 g/mol. The molecule has 2 heterocycles. The third kappa shape index (κ3) is 1.72. The van der Waals surface area contributed by atoms with E-state index in [0.717, 1.165) is 0 Å². The van der Waals surface area contributed by atoms with E-state index in [4.69, 9.17) is 10.1 Å². The Balaban J connectivity index is 2.00. The molecule has 1 N–H and O–H groups in total. The summed E-state index contributed by atoms with van der Waals surface area (Å²) in [5.74, 6) is -1.01. The minimum Gasteiger partial charge on any atom is -0.412 e. The lowest BCUT2D eigenvalue weighted by Gasteiger charge is -2.30. The van der Waals surface area contributed by atoms with Crippen LogP contribution in [0.25, 0.3) is 0 Å². The molecule has 1 aromatic rings. The van der Waals surface area contributed by atoms with Crippen LogP contribution in [0, 0.1) is 10.8 Å². The molecule has 1 atom stereocenters. The molecular weight excluding hydrogens is 258 g/mol. The molecule has 0 bridgehead atoms. The summed E-state index contributed by atoms with van der Waals surface area (Å²) >= 11 is 0. The number of carbonyl (C=O) groups excluding carboxylic acids is 2. The number of cyclic esters (lactones) is 1. The highest BCUT2D eigenvalue weighted by Crippen LogP contribution is 2.41. The summed E-state index contributed by atoms with van der Waals surface area (Å²) in [5.41, 5.74) is 0.148. The molecule has 1 spiro atoms. The normalized spacial score (nSPS) is 25.9. The van der Waals surface area contributed by atoms with Crippen LogP contribution >= 0.6 is 0 Å². The second-order valence-electron chi connectivity index (χ2n) is 4.97. The smallest absolute Gasteiger partial charge is 0.313 e. The zero-order chi connectivity index (χ0) is 14.3. The van der Waals surface area contributed by atoms with E-state index in [1.165, 1.54) is 5.01 Å². The second kappa shape index (κ2) is 4.26. The van der Waals surface area contributed by atoms with Crippen molar-refractivity contribution in [1.82, 2.24) is 0 Å². The summed E-state index contributed by atoms with van der Waals surface area (Å²) < 4.78 is 4.73. The molecule has 2 aliphatic rings. The van der Waals surface area contributed by atoms with Crippen molar-refractivity contribution in [3.05, 3.63) is 30.3 Å². The number of carbonyl (C=O) groups is 2. The Morgan fingerprint density at radius 2 is 1.95 bits per heavy atom. The lowest BCUT2D eigenvalue weighted by atomic mass is 9.75. The van der Waals surface area contributed by atoms with Crippen molar-refractivity contribution in [1.29, 1.82) is 5.41 Å². The van der Waals surface area contributed by atoms with Crippen LogP contribution in [0.3, 0.4) is 0 Å². The summed E-state index contributed by atoms with van der Waals surface area (Å²) in [6, 6.07) is 9.04. The number of benzene rings is 1. The fourth-order valence-electron chi connectivity index (χ4n) is 2.59. The Hall–Kier alpha value is -2.50. The number of amides is 1. The quantitative estimate of drug-likeness (QED) is 0.789. The number of rotatable bonds is 1. The zero-order valence-corrected chi connectivity index (χ0v) is 10.9. The number of nitrogens with zero attached hydrogens (tertiary/aromatic N) is 2. The average Bonchev–Trinajstić information content (AvgIpc) is 2.64. The van der Waals surface area contributed by atoms with Crippen molar-refractivity contribution < 1.29 is 14.3 Å². The van der Waals surface area contributed by atoms with Gasteiger partial charge < -0.3 is 4.74 Å². The van der Waals surface area contributed by atoms with Crippen LogP contribution in [0.1, 0.15) is 19.8 Å². The number of hydrogen-bond acceptors (Lipinski definition) is 5. The largest absolute Gasteiger partial charge is 0.412 e. The minimum atomic E-state index is -1.05. The fraction of sp³-hybridized carbons (Fsp3) is 0.286. The highest BCUT2D eigenvalue weighted by atomic mass is 16.5. The van der Waals surface area contributed by atoms with Crippen molar-refractivity contribution in [2.75, 3.05) is 5.01 Å². The Bertz CT molecular complexity index is 620. The fourth-order valence-corrected chi connectivity index (χ4v) is 2.59. The van der Waals surface area contributed by atoms with Gasteiger partial charge in [-0.3, -0.25) is 15.0 Å². The highest BCUT2D eigenvalue weighted by molar-refractivity contribution is 6.22. The molecule has 0 saturated carbocycles. The summed E-state index contributed by atoms with van der Waals surface area (Å²) in [5, 5.41) is 13.2. The van der Waals surface area contributed by atoms with Gasteiger partial charge in [-0.05, 0) is 19.1 Å². The lowest BCUT2D eigenvalue weighted by molar-refractivity contribution is -0.143. The summed E-state index contributed by atoms with van der Waals surface area (Å²) in [6.07, 6.45) is 0.0170. The number of anilines is 1. The van der Waals surface area contributed by atoms with Crippen LogP contribution in [-0.2, 0) is 14.3 Å². The van der Waals surface area contributed by atoms with Crippen LogP contribution in [0.4, 0.5) is 5.69 Å². The van der Waals surface area contributed by atoms with Crippen molar-refractivity contribution in [2.24, 2.45) is 10.5 Å². The molecule has 102 valence electrons. The first-order chi connectivity index (χ1) is 9.53. The van der Waals surface area contributed by atoms with Crippen molar-refractivity contribution in [3.63, 3.8) is 0 Å². The van der Waals surface area contributed by atoms with Gasteiger partial charge in [0.25, 0.3) is 5.91 Å². The first-order valence-electron chi connectivity index (χ1n) is 6.26. The number of ether oxygens (including phenoxy) is 1. The number of hydrazone groups is 1. The van der Waals surface area contributed by atoms with E-state index < -0.39 is 11.4 Å². The molecule has 6 heteroatoms. The molecule has 0 radical (unpaired) electrons. The van der Waals surface area contributed by atoms with Crippen LogP contribution in [0.5, 0.6) is 0 Å². The molecule has 1 aromatic carbocycles. The molecule has 0 aromatic heterocycles. The predicted molar refractivity (Wildman–Crippen MR) is 72.5 cm³/mol. The number of nitrogens with one attached hydrogen (secondary N) is 1. The predicted octanol–water partition coefficient (Wildman–Crippen LogP) is 1.71. The van der Waals surface area contributed by atoms with Crippen LogP contribution in [-0.4, -0.2) is 23.5 Å². The van der Waals surface area contributed by atoms with Gasteiger partial charge in [-0.25, -0.2) is 0 Å². The van der Waals surface area contributed by atoms with Gasteiger partial charge in [0.15, 0.2) is 5.90 Å². The Morgan fingerprint density at radius 3 is 2.60 bits per heavy atom. The van der Waals surface area contributed by atoms with Gasteiger partial charge in [0.2, 0.25) is 0 Å².